The summed E-state index contributed by atoms with van der Waals surface area (Å²) in [4.78, 5) is 13.4. The Kier molecular flexibility index (Phi) is 5.09. The number of carbonyl (C=O) groups excluding carboxylic acids is 1. The Morgan fingerprint density at radius 2 is 2.35 bits per heavy atom. The Morgan fingerprint density at radius 1 is 1.55 bits per heavy atom. The van der Waals surface area contributed by atoms with Gasteiger partial charge in [-0.05, 0) is 44.1 Å². The van der Waals surface area contributed by atoms with Gasteiger partial charge in [-0.1, -0.05) is 13.0 Å². The average Bonchev–Trinajstić information content (AvgIpc) is 2.88. The summed E-state index contributed by atoms with van der Waals surface area (Å²) < 4.78 is 13.8. The van der Waals surface area contributed by atoms with E-state index in [1.54, 1.807) is 12.1 Å². The summed E-state index contributed by atoms with van der Waals surface area (Å²) >= 11 is 0. The first kappa shape index (κ1) is 14.9. The van der Waals surface area contributed by atoms with Gasteiger partial charge in [-0.15, -0.1) is 0 Å². The van der Waals surface area contributed by atoms with Gasteiger partial charge in [0.15, 0.2) is 0 Å². The summed E-state index contributed by atoms with van der Waals surface area (Å²) in [5.74, 6) is -0.340. The van der Waals surface area contributed by atoms with Gasteiger partial charge < -0.3 is 16.0 Å². The van der Waals surface area contributed by atoms with Crippen LogP contribution in [0.2, 0.25) is 0 Å². The highest BCUT2D eigenvalue weighted by Gasteiger charge is 2.20. The number of benzene rings is 1. The minimum atomic E-state index is -0.603. The fraction of sp³-hybridized carbons (Fsp3) is 0.533. The molecule has 0 radical (unpaired) electrons. The van der Waals surface area contributed by atoms with Crippen molar-refractivity contribution < 1.29 is 9.18 Å². The van der Waals surface area contributed by atoms with E-state index in [0.29, 0.717) is 18.0 Å². The van der Waals surface area contributed by atoms with Crippen LogP contribution in [0.5, 0.6) is 0 Å². The Bertz CT molecular complexity index is 478. The lowest BCUT2D eigenvalue weighted by Gasteiger charge is -2.14. The molecule has 1 aliphatic rings. The van der Waals surface area contributed by atoms with E-state index < -0.39 is 5.91 Å². The van der Waals surface area contributed by atoms with Crippen molar-refractivity contribution in [3.05, 3.63) is 35.1 Å². The van der Waals surface area contributed by atoms with Crippen LogP contribution in [0.3, 0.4) is 0 Å². The lowest BCUT2D eigenvalue weighted by molar-refractivity contribution is 0.1000. The molecule has 1 aromatic carbocycles. The number of carbonyl (C=O) groups is 1. The quantitative estimate of drug-likeness (QED) is 0.826. The molecule has 1 aromatic rings. The number of amides is 1. The van der Waals surface area contributed by atoms with Crippen LogP contribution in [0.1, 0.15) is 29.3 Å². The van der Waals surface area contributed by atoms with Gasteiger partial charge in [0, 0.05) is 24.2 Å². The Balaban J connectivity index is 1.81. The summed E-state index contributed by atoms with van der Waals surface area (Å²) in [6.07, 6.45) is 1.20. The molecule has 1 heterocycles. The molecule has 0 saturated carbocycles. The van der Waals surface area contributed by atoms with Crippen molar-refractivity contribution in [3.8, 4) is 0 Å². The van der Waals surface area contributed by atoms with E-state index in [1.165, 1.54) is 12.5 Å². The molecule has 0 bridgehead atoms. The molecule has 1 fully saturated rings. The Morgan fingerprint density at radius 3 is 2.95 bits per heavy atom. The third-order valence-electron chi connectivity index (χ3n) is 3.90. The predicted octanol–water partition coefficient (Wildman–Crippen LogP) is 1.36. The molecule has 0 aliphatic carbocycles. The summed E-state index contributed by atoms with van der Waals surface area (Å²) in [6.45, 7) is 6.92. The van der Waals surface area contributed by atoms with Crippen molar-refractivity contribution in [2.75, 3.05) is 26.2 Å². The fourth-order valence-corrected chi connectivity index (χ4v) is 2.62. The Hall–Kier alpha value is -1.46. The zero-order valence-corrected chi connectivity index (χ0v) is 11.9. The van der Waals surface area contributed by atoms with Gasteiger partial charge in [0.2, 0.25) is 5.91 Å². The smallest absolute Gasteiger partial charge is 0.248 e. The second-order valence-electron chi connectivity index (χ2n) is 5.35. The van der Waals surface area contributed by atoms with Gasteiger partial charge in [0.25, 0.3) is 0 Å². The second-order valence-corrected chi connectivity index (χ2v) is 5.35. The van der Waals surface area contributed by atoms with Crippen LogP contribution in [0.15, 0.2) is 18.2 Å². The number of rotatable bonds is 6. The standard InChI is InChI=1S/C15H22FN3O/c1-2-19-6-5-11(10-19)8-18-9-13-4-3-12(15(17)20)7-14(13)16/h3-4,7,11,18H,2,5-6,8-10H2,1H3,(H2,17,20). The van der Waals surface area contributed by atoms with Crippen molar-refractivity contribution in [3.63, 3.8) is 0 Å². The topological polar surface area (TPSA) is 58.4 Å². The molecule has 0 spiro atoms. The predicted molar refractivity (Wildman–Crippen MR) is 76.8 cm³/mol. The first-order chi connectivity index (χ1) is 9.60. The van der Waals surface area contributed by atoms with Crippen molar-refractivity contribution in [2.24, 2.45) is 11.7 Å². The molecule has 4 nitrogen and oxygen atoms in total. The van der Waals surface area contributed by atoms with Crippen LogP contribution in [0, 0.1) is 11.7 Å². The molecule has 2 rings (SSSR count). The number of nitrogens with zero attached hydrogens (tertiary/aromatic N) is 1. The van der Waals surface area contributed by atoms with Crippen LogP contribution in [-0.4, -0.2) is 37.0 Å². The lowest BCUT2D eigenvalue weighted by Crippen LogP contribution is -2.26. The molecule has 1 unspecified atom stereocenters. The highest BCUT2D eigenvalue weighted by molar-refractivity contribution is 5.92. The van der Waals surface area contributed by atoms with Crippen molar-refractivity contribution in [1.82, 2.24) is 10.2 Å². The summed E-state index contributed by atoms with van der Waals surface area (Å²) in [5, 5.41) is 3.29. The monoisotopic (exact) mass is 279 g/mol. The summed E-state index contributed by atoms with van der Waals surface area (Å²) in [5.41, 5.74) is 5.89. The number of hydrogen-bond donors (Lipinski definition) is 2. The molecular formula is C15H22FN3O. The van der Waals surface area contributed by atoms with E-state index in [0.717, 1.165) is 26.2 Å². The van der Waals surface area contributed by atoms with Crippen LogP contribution < -0.4 is 11.1 Å². The number of nitrogens with one attached hydrogen (secondary N) is 1. The molecule has 3 N–H and O–H groups in total. The van der Waals surface area contributed by atoms with E-state index in [9.17, 15) is 9.18 Å². The van der Waals surface area contributed by atoms with Gasteiger partial charge in [-0.2, -0.15) is 0 Å². The van der Waals surface area contributed by atoms with Crippen LogP contribution >= 0.6 is 0 Å². The number of likely N-dealkylation sites (tertiary alicyclic amines) is 1. The van der Waals surface area contributed by atoms with Gasteiger partial charge >= 0.3 is 0 Å². The minimum Gasteiger partial charge on any atom is -0.366 e. The van der Waals surface area contributed by atoms with Crippen LogP contribution in [0.25, 0.3) is 0 Å². The molecule has 20 heavy (non-hydrogen) atoms. The number of primary amides is 1. The highest BCUT2D eigenvalue weighted by Crippen LogP contribution is 2.15. The molecule has 0 aromatic heterocycles. The zero-order chi connectivity index (χ0) is 14.5. The van der Waals surface area contributed by atoms with Crippen molar-refractivity contribution in [2.45, 2.75) is 19.9 Å². The molecule has 110 valence electrons. The van der Waals surface area contributed by atoms with Crippen molar-refractivity contribution >= 4 is 5.91 Å². The number of halogens is 1. The Labute approximate surface area is 119 Å². The maximum atomic E-state index is 13.8. The number of hydrogen-bond acceptors (Lipinski definition) is 3. The van der Waals surface area contributed by atoms with E-state index in [2.05, 4.69) is 17.1 Å². The van der Waals surface area contributed by atoms with E-state index in [-0.39, 0.29) is 11.4 Å². The van der Waals surface area contributed by atoms with E-state index >= 15 is 0 Å². The summed E-state index contributed by atoms with van der Waals surface area (Å²) in [6, 6.07) is 4.39. The minimum absolute atomic E-state index is 0.209. The van der Waals surface area contributed by atoms with Crippen LogP contribution in [0.4, 0.5) is 4.39 Å². The maximum Gasteiger partial charge on any atom is 0.248 e. The number of nitrogens with two attached hydrogens (primary N) is 1. The molecule has 5 heteroatoms. The maximum absolute atomic E-state index is 13.8. The normalized spacial score (nSPS) is 19.4. The molecule has 1 aliphatic heterocycles. The molecule has 1 amide bonds. The molecule has 1 atom stereocenters. The van der Waals surface area contributed by atoms with E-state index in [1.807, 2.05) is 0 Å². The molecule has 1 saturated heterocycles. The third kappa shape index (κ3) is 3.77. The first-order valence-corrected chi connectivity index (χ1v) is 7.11. The summed E-state index contributed by atoms with van der Waals surface area (Å²) in [7, 11) is 0. The average molecular weight is 279 g/mol. The van der Waals surface area contributed by atoms with Crippen LogP contribution in [-0.2, 0) is 6.54 Å². The first-order valence-electron chi connectivity index (χ1n) is 7.11. The third-order valence-corrected chi connectivity index (χ3v) is 3.90. The highest BCUT2D eigenvalue weighted by atomic mass is 19.1. The van der Waals surface area contributed by atoms with Crippen molar-refractivity contribution in [1.29, 1.82) is 0 Å². The van der Waals surface area contributed by atoms with Gasteiger partial charge in [0.1, 0.15) is 5.82 Å². The fourth-order valence-electron chi connectivity index (χ4n) is 2.62. The van der Waals surface area contributed by atoms with E-state index in [4.69, 9.17) is 5.73 Å². The lowest BCUT2D eigenvalue weighted by atomic mass is 10.1. The van der Waals surface area contributed by atoms with Gasteiger partial charge in [-0.25, -0.2) is 4.39 Å². The second kappa shape index (κ2) is 6.81. The molecular weight excluding hydrogens is 257 g/mol. The largest absolute Gasteiger partial charge is 0.366 e. The van der Waals surface area contributed by atoms with Gasteiger partial charge in [0.05, 0.1) is 0 Å². The SMILES string of the molecule is CCN1CCC(CNCc2ccc(C(N)=O)cc2F)C1. The van der Waals surface area contributed by atoms with Gasteiger partial charge in [-0.3, -0.25) is 4.79 Å². The zero-order valence-electron chi connectivity index (χ0n) is 11.9.